The predicted molar refractivity (Wildman–Crippen MR) is 61.1 cm³/mol. The van der Waals surface area contributed by atoms with Crippen molar-refractivity contribution in [2.75, 3.05) is 0 Å². The van der Waals surface area contributed by atoms with Crippen molar-refractivity contribution in [1.29, 1.82) is 0 Å². The molecule has 0 aliphatic carbocycles. The highest BCUT2D eigenvalue weighted by atomic mass is 35.5. The van der Waals surface area contributed by atoms with E-state index in [1.165, 1.54) is 0 Å². The van der Waals surface area contributed by atoms with Gasteiger partial charge in [0.1, 0.15) is 22.5 Å². The van der Waals surface area contributed by atoms with Gasteiger partial charge in [-0.15, -0.1) is 0 Å². The van der Waals surface area contributed by atoms with Crippen LogP contribution in [-0.4, -0.2) is 21.5 Å². The Bertz CT molecular complexity index is 468. The van der Waals surface area contributed by atoms with Gasteiger partial charge in [-0.1, -0.05) is 11.6 Å². The van der Waals surface area contributed by atoms with Crippen molar-refractivity contribution in [3.8, 4) is 0 Å². The highest BCUT2D eigenvalue weighted by Gasteiger charge is 2.23. The SMILES string of the molecule is CC(C)(C)OC(=O)c1cc([N+](=O)[O-])cnc1Cl. The lowest BCUT2D eigenvalue weighted by Crippen LogP contribution is -2.24. The lowest BCUT2D eigenvalue weighted by molar-refractivity contribution is -0.385. The number of nitro groups is 1. The third-order valence-electron chi connectivity index (χ3n) is 1.65. The summed E-state index contributed by atoms with van der Waals surface area (Å²) in [5.41, 5.74) is -1.13. The molecule has 0 unspecified atom stereocenters. The Morgan fingerprint density at radius 3 is 2.59 bits per heavy atom. The molecular formula is C10H11ClN2O4. The molecule has 7 heteroatoms. The summed E-state index contributed by atoms with van der Waals surface area (Å²) >= 11 is 5.69. The van der Waals surface area contributed by atoms with Crippen LogP contribution in [-0.2, 0) is 4.74 Å². The zero-order chi connectivity index (χ0) is 13.2. The molecule has 0 radical (unpaired) electrons. The molecule has 0 aromatic carbocycles. The maximum absolute atomic E-state index is 11.7. The molecule has 1 aromatic rings. The summed E-state index contributed by atoms with van der Waals surface area (Å²) < 4.78 is 5.05. The summed E-state index contributed by atoms with van der Waals surface area (Å²) in [7, 11) is 0. The van der Waals surface area contributed by atoms with Gasteiger partial charge in [0.2, 0.25) is 0 Å². The molecule has 0 aliphatic rings. The molecule has 0 atom stereocenters. The summed E-state index contributed by atoms with van der Waals surface area (Å²) in [6, 6.07) is 1.05. The molecule has 0 saturated heterocycles. The quantitative estimate of drug-likeness (QED) is 0.352. The fraction of sp³-hybridized carbons (Fsp3) is 0.400. The predicted octanol–water partition coefficient (Wildman–Crippen LogP) is 2.60. The Hall–Kier alpha value is -1.69. The second kappa shape index (κ2) is 4.67. The van der Waals surface area contributed by atoms with E-state index in [2.05, 4.69) is 4.98 Å². The molecule has 0 spiro atoms. The first-order valence-electron chi connectivity index (χ1n) is 4.74. The normalized spacial score (nSPS) is 11.1. The van der Waals surface area contributed by atoms with Gasteiger partial charge in [-0.25, -0.2) is 9.78 Å². The minimum Gasteiger partial charge on any atom is -0.456 e. The number of hydrogen-bond donors (Lipinski definition) is 0. The summed E-state index contributed by atoms with van der Waals surface area (Å²) in [5, 5.41) is 10.4. The largest absolute Gasteiger partial charge is 0.456 e. The lowest BCUT2D eigenvalue weighted by Gasteiger charge is -2.19. The van der Waals surface area contributed by atoms with E-state index in [1.807, 2.05) is 0 Å². The number of pyridine rings is 1. The number of halogens is 1. The van der Waals surface area contributed by atoms with Crippen LogP contribution in [0.4, 0.5) is 5.69 Å². The van der Waals surface area contributed by atoms with Crippen LogP contribution >= 0.6 is 11.6 Å². The fourth-order valence-corrected chi connectivity index (χ4v) is 1.19. The van der Waals surface area contributed by atoms with E-state index in [-0.39, 0.29) is 16.4 Å². The third kappa shape index (κ3) is 3.67. The standard InChI is InChI=1S/C10H11ClN2O4/c1-10(2,3)17-9(14)7-4-6(13(15)16)5-12-8(7)11/h4-5H,1-3H3. The Morgan fingerprint density at radius 1 is 1.53 bits per heavy atom. The maximum Gasteiger partial charge on any atom is 0.342 e. The van der Waals surface area contributed by atoms with Crippen LogP contribution in [0.1, 0.15) is 31.1 Å². The number of carbonyl (C=O) groups excluding carboxylic acids is 1. The van der Waals surface area contributed by atoms with Crippen molar-refractivity contribution in [2.45, 2.75) is 26.4 Å². The minimum absolute atomic E-state index is 0.115. The number of ether oxygens (including phenoxy) is 1. The number of hydrogen-bond acceptors (Lipinski definition) is 5. The Morgan fingerprint density at radius 2 is 2.12 bits per heavy atom. The van der Waals surface area contributed by atoms with Crippen LogP contribution in [0.3, 0.4) is 0 Å². The number of nitrogens with zero attached hydrogens (tertiary/aromatic N) is 2. The van der Waals surface area contributed by atoms with Crippen molar-refractivity contribution in [3.05, 3.63) is 33.1 Å². The first-order chi connectivity index (χ1) is 7.70. The van der Waals surface area contributed by atoms with Crippen LogP contribution in [0.15, 0.2) is 12.3 Å². The molecule has 0 amide bonds. The second-order valence-corrected chi connectivity index (χ2v) is 4.65. The van der Waals surface area contributed by atoms with E-state index in [1.54, 1.807) is 20.8 Å². The summed E-state index contributed by atoms with van der Waals surface area (Å²) in [6.07, 6.45) is 0.982. The van der Waals surface area contributed by atoms with Gasteiger partial charge < -0.3 is 4.74 Å². The minimum atomic E-state index is -0.737. The number of esters is 1. The number of aromatic nitrogens is 1. The van der Waals surface area contributed by atoms with Crippen molar-refractivity contribution in [1.82, 2.24) is 4.98 Å². The monoisotopic (exact) mass is 258 g/mol. The Balaban J connectivity index is 3.08. The highest BCUT2D eigenvalue weighted by Crippen LogP contribution is 2.21. The van der Waals surface area contributed by atoms with Crippen LogP contribution < -0.4 is 0 Å². The third-order valence-corrected chi connectivity index (χ3v) is 1.96. The van der Waals surface area contributed by atoms with Crippen LogP contribution in [0, 0.1) is 10.1 Å². The number of rotatable bonds is 2. The summed E-state index contributed by atoms with van der Waals surface area (Å²) in [5.74, 6) is -0.737. The Labute approximate surface area is 103 Å². The highest BCUT2D eigenvalue weighted by molar-refractivity contribution is 6.32. The lowest BCUT2D eigenvalue weighted by atomic mass is 10.2. The van der Waals surface area contributed by atoms with Gasteiger partial charge in [-0.3, -0.25) is 10.1 Å². The molecule has 6 nitrogen and oxygen atoms in total. The van der Waals surface area contributed by atoms with Gasteiger partial charge in [-0.05, 0) is 20.8 Å². The molecule has 17 heavy (non-hydrogen) atoms. The van der Waals surface area contributed by atoms with Crippen LogP contribution in [0.5, 0.6) is 0 Å². The topological polar surface area (TPSA) is 82.3 Å². The molecule has 1 rings (SSSR count). The smallest absolute Gasteiger partial charge is 0.342 e. The van der Waals surface area contributed by atoms with E-state index < -0.39 is 16.5 Å². The first-order valence-corrected chi connectivity index (χ1v) is 5.12. The van der Waals surface area contributed by atoms with E-state index in [0.717, 1.165) is 12.3 Å². The summed E-state index contributed by atoms with van der Waals surface area (Å²) in [4.78, 5) is 25.1. The van der Waals surface area contributed by atoms with Crippen LogP contribution in [0.25, 0.3) is 0 Å². The molecule has 1 heterocycles. The van der Waals surface area contributed by atoms with Crippen molar-refractivity contribution >= 4 is 23.3 Å². The van der Waals surface area contributed by atoms with Crippen molar-refractivity contribution < 1.29 is 14.5 Å². The fourth-order valence-electron chi connectivity index (χ4n) is 1.01. The molecule has 0 saturated carbocycles. The van der Waals surface area contributed by atoms with Gasteiger partial charge in [0.05, 0.1) is 4.92 Å². The van der Waals surface area contributed by atoms with E-state index in [4.69, 9.17) is 16.3 Å². The second-order valence-electron chi connectivity index (χ2n) is 4.29. The molecule has 0 N–H and O–H groups in total. The Kier molecular flexibility index (Phi) is 3.67. The zero-order valence-corrected chi connectivity index (χ0v) is 10.3. The van der Waals surface area contributed by atoms with Gasteiger partial charge >= 0.3 is 5.97 Å². The van der Waals surface area contributed by atoms with E-state index in [0.29, 0.717) is 0 Å². The molecule has 1 aromatic heterocycles. The molecular weight excluding hydrogens is 248 g/mol. The summed E-state index contributed by atoms with van der Waals surface area (Å²) in [6.45, 7) is 5.05. The molecule has 0 aliphatic heterocycles. The van der Waals surface area contributed by atoms with E-state index in [9.17, 15) is 14.9 Å². The van der Waals surface area contributed by atoms with Gasteiger partial charge in [0.15, 0.2) is 0 Å². The maximum atomic E-state index is 11.7. The molecule has 0 fully saturated rings. The number of carbonyl (C=O) groups is 1. The first kappa shape index (κ1) is 13.4. The van der Waals surface area contributed by atoms with Gasteiger partial charge in [0, 0.05) is 6.07 Å². The zero-order valence-electron chi connectivity index (χ0n) is 9.56. The van der Waals surface area contributed by atoms with Crippen LogP contribution in [0.2, 0.25) is 5.15 Å². The molecule has 92 valence electrons. The average molecular weight is 259 g/mol. The van der Waals surface area contributed by atoms with Crippen molar-refractivity contribution in [3.63, 3.8) is 0 Å². The molecule has 0 bridgehead atoms. The van der Waals surface area contributed by atoms with E-state index >= 15 is 0 Å². The van der Waals surface area contributed by atoms with Gasteiger partial charge in [0.25, 0.3) is 5.69 Å². The van der Waals surface area contributed by atoms with Crippen molar-refractivity contribution in [2.24, 2.45) is 0 Å². The van der Waals surface area contributed by atoms with Gasteiger partial charge in [-0.2, -0.15) is 0 Å². The average Bonchev–Trinajstić information content (AvgIpc) is 2.14.